The van der Waals surface area contributed by atoms with E-state index in [0.29, 0.717) is 42.8 Å². The molecule has 0 saturated carbocycles. The van der Waals surface area contributed by atoms with Crippen LogP contribution in [0.2, 0.25) is 0 Å². The maximum Gasteiger partial charge on any atom is 0.223 e. The van der Waals surface area contributed by atoms with E-state index in [0.717, 1.165) is 18.7 Å². The number of aromatic nitrogens is 2. The molecule has 1 aromatic heterocycles. The molecule has 1 aliphatic rings. The monoisotopic (exact) mass is 390 g/mol. The molecular formula is C20H30N4O4. The first-order valence-electron chi connectivity index (χ1n) is 9.71. The second-order valence-electron chi connectivity index (χ2n) is 7.36. The highest BCUT2D eigenvalue weighted by Gasteiger charge is 2.17. The Balaban J connectivity index is 1.52. The van der Waals surface area contributed by atoms with Crippen LogP contribution in [-0.2, 0) is 13.1 Å². The first kappa shape index (κ1) is 20.6. The molecule has 1 aromatic carbocycles. The molecular weight excluding hydrogens is 360 g/mol. The summed E-state index contributed by atoms with van der Waals surface area (Å²) in [6, 6.07) is 5.85. The molecule has 1 saturated heterocycles. The zero-order valence-corrected chi connectivity index (χ0v) is 16.9. The quantitative estimate of drug-likeness (QED) is 0.658. The molecule has 0 spiro atoms. The summed E-state index contributed by atoms with van der Waals surface area (Å²) in [7, 11) is 3.62. The third kappa shape index (κ3) is 5.92. The molecule has 2 heterocycles. The van der Waals surface area contributed by atoms with Gasteiger partial charge in [0, 0.05) is 20.0 Å². The van der Waals surface area contributed by atoms with Crippen molar-refractivity contribution in [3.05, 3.63) is 35.5 Å². The van der Waals surface area contributed by atoms with Crippen molar-refractivity contribution in [2.75, 3.05) is 40.4 Å². The van der Waals surface area contributed by atoms with Crippen LogP contribution in [0.5, 0.6) is 11.5 Å². The van der Waals surface area contributed by atoms with E-state index in [2.05, 4.69) is 19.9 Å². The van der Waals surface area contributed by atoms with E-state index in [-0.39, 0.29) is 6.61 Å². The molecule has 2 aromatic rings. The van der Waals surface area contributed by atoms with Gasteiger partial charge in [-0.1, -0.05) is 11.2 Å². The SMILES string of the molecule is COc1cc(CN(C)Cc2noc(C)n2)ccc1OCC(O)CN1CCCC1. The number of aliphatic hydroxyl groups is 1. The van der Waals surface area contributed by atoms with Crippen LogP contribution < -0.4 is 9.47 Å². The van der Waals surface area contributed by atoms with Crippen molar-refractivity contribution in [3.8, 4) is 11.5 Å². The van der Waals surface area contributed by atoms with Crippen molar-refractivity contribution in [2.45, 2.75) is 39.0 Å². The molecule has 1 fully saturated rings. The summed E-state index contributed by atoms with van der Waals surface area (Å²) < 4.78 is 16.3. The van der Waals surface area contributed by atoms with Crippen molar-refractivity contribution in [1.29, 1.82) is 0 Å². The summed E-state index contributed by atoms with van der Waals surface area (Å²) >= 11 is 0. The summed E-state index contributed by atoms with van der Waals surface area (Å²) in [5.74, 6) is 2.54. The Bertz CT molecular complexity index is 746. The first-order chi connectivity index (χ1) is 13.5. The lowest BCUT2D eigenvalue weighted by Gasteiger charge is -2.20. The normalized spacial score (nSPS) is 15.9. The minimum Gasteiger partial charge on any atom is -0.493 e. The molecule has 0 amide bonds. The van der Waals surface area contributed by atoms with Gasteiger partial charge < -0.3 is 24.0 Å². The van der Waals surface area contributed by atoms with Crippen LogP contribution in [0.25, 0.3) is 0 Å². The molecule has 0 radical (unpaired) electrons. The van der Waals surface area contributed by atoms with E-state index in [1.807, 2.05) is 25.2 Å². The van der Waals surface area contributed by atoms with Gasteiger partial charge in [0.1, 0.15) is 12.7 Å². The fraction of sp³-hybridized carbons (Fsp3) is 0.600. The predicted molar refractivity (Wildman–Crippen MR) is 104 cm³/mol. The summed E-state index contributed by atoms with van der Waals surface area (Å²) in [4.78, 5) is 8.60. The number of aryl methyl sites for hydroxylation is 1. The predicted octanol–water partition coefficient (Wildman–Crippen LogP) is 1.85. The van der Waals surface area contributed by atoms with E-state index in [4.69, 9.17) is 14.0 Å². The van der Waals surface area contributed by atoms with Gasteiger partial charge in [0.2, 0.25) is 5.89 Å². The Morgan fingerprint density at radius 3 is 2.71 bits per heavy atom. The van der Waals surface area contributed by atoms with Crippen LogP contribution >= 0.6 is 0 Å². The number of rotatable bonds is 10. The minimum absolute atomic E-state index is 0.253. The van der Waals surface area contributed by atoms with Gasteiger partial charge in [-0.05, 0) is 50.7 Å². The summed E-state index contributed by atoms with van der Waals surface area (Å²) in [5, 5.41) is 14.1. The Hall–Kier alpha value is -2.16. The largest absolute Gasteiger partial charge is 0.493 e. The lowest BCUT2D eigenvalue weighted by atomic mass is 10.2. The molecule has 1 atom stereocenters. The van der Waals surface area contributed by atoms with Crippen molar-refractivity contribution < 1.29 is 19.1 Å². The number of likely N-dealkylation sites (tertiary alicyclic amines) is 1. The number of methoxy groups -OCH3 is 1. The van der Waals surface area contributed by atoms with Crippen molar-refractivity contribution >= 4 is 0 Å². The second-order valence-corrected chi connectivity index (χ2v) is 7.36. The second kappa shape index (κ2) is 9.86. The average molecular weight is 390 g/mol. The van der Waals surface area contributed by atoms with Crippen molar-refractivity contribution in [1.82, 2.24) is 19.9 Å². The van der Waals surface area contributed by atoms with Crippen LogP contribution in [0.3, 0.4) is 0 Å². The van der Waals surface area contributed by atoms with Crippen LogP contribution in [0.1, 0.15) is 30.1 Å². The van der Waals surface area contributed by atoms with E-state index >= 15 is 0 Å². The number of ether oxygens (including phenoxy) is 2. The molecule has 8 nitrogen and oxygen atoms in total. The number of hydrogen-bond donors (Lipinski definition) is 1. The molecule has 0 aliphatic carbocycles. The van der Waals surface area contributed by atoms with Crippen molar-refractivity contribution in [2.24, 2.45) is 0 Å². The van der Waals surface area contributed by atoms with E-state index in [1.54, 1.807) is 14.0 Å². The molecule has 1 unspecified atom stereocenters. The van der Waals surface area contributed by atoms with Crippen molar-refractivity contribution in [3.63, 3.8) is 0 Å². The molecule has 1 aliphatic heterocycles. The van der Waals surface area contributed by atoms with Gasteiger partial charge in [0.15, 0.2) is 17.3 Å². The first-order valence-corrected chi connectivity index (χ1v) is 9.71. The molecule has 8 heteroatoms. The van der Waals surface area contributed by atoms with Gasteiger partial charge in [-0.15, -0.1) is 0 Å². The lowest BCUT2D eigenvalue weighted by molar-refractivity contribution is 0.0747. The number of nitrogens with zero attached hydrogens (tertiary/aromatic N) is 4. The van der Waals surface area contributed by atoms with E-state index in [9.17, 15) is 5.11 Å². The Morgan fingerprint density at radius 1 is 1.25 bits per heavy atom. The Morgan fingerprint density at radius 2 is 2.04 bits per heavy atom. The van der Waals surface area contributed by atoms with Crippen LogP contribution in [0.4, 0.5) is 0 Å². The standard InChI is InChI=1S/C20H30N4O4/c1-15-21-20(22-28-15)13-23(2)11-16-6-7-18(19(10-16)26-3)27-14-17(25)12-24-8-4-5-9-24/h6-7,10,17,25H,4-5,8-9,11-14H2,1-3H3. The molecule has 1 N–H and O–H groups in total. The Labute approximate surface area is 166 Å². The summed E-state index contributed by atoms with van der Waals surface area (Å²) in [6.07, 6.45) is 1.92. The highest BCUT2D eigenvalue weighted by Crippen LogP contribution is 2.28. The number of hydrogen-bond acceptors (Lipinski definition) is 8. The fourth-order valence-corrected chi connectivity index (χ4v) is 3.45. The third-order valence-corrected chi connectivity index (χ3v) is 4.76. The number of benzene rings is 1. The highest BCUT2D eigenvalue weighted by molar-refractivity contribution is 5.43. The summed E-state index contributed by atoms with van der Waals surface area (Å²) in [6.45, 7) is 6.12. The Kier molecular flexibility index (Phi) is 7.24. The van der Waals surface area contributed by atoms with Crippen LogP contribution in [0.15, 0.2) is 22.7 Å². The van der Waals surface area contributed by atoms with Gasteiger partial charge in [0.05, 0.1) is 13.7 Å². The van der Waals surface area contributed by atoms with Crippen LogP contribution in [0, 0.1) is 6.92 Å². The maximum atomic E-state index is 10.2. The van der Waals surface area contributed by atoms with E-state index in [1.165, 1.54) is 12.8 Å². The third-order valence-electron chi connectivity index (χ3n) is 4.76. The lowest BCUT2D eigenvalue weighted by Crippen LogP contribution is -2.33. The molecule has 0 bridgehead atoms. The minimum atomic E-state index is -0.507. The number of aliphatic hydroxyl groups excluding tert-OH is 1. The zero-order chi connectivity index (χ0) is 19.9. The van der Waals surface area contributed by atoms with Gasteiger partial charge >= 0.3 is 0 Å². The van der Waals surface area contributed by atoms with Gasteiger partial charge in [-0.25, -0.2) is 0 Å². The topological polar surface area (TPSA) is 84.1 Å². The van der Waals surface area contributed by atoms with Gasteiger partial charge in [0.25, 0.3) is 0 Å². The molecule has 3 rings (SSSR count). The zero-order valence-electron chi connectivity index (χ0n) is 16.9. The van der Waals surface area contributed by atoms with Gasteiger partial charge in [-0.3, -0.25) is 4.90 Å². The highest BCUT2D eigenvalue weighted by atomic mass is 16.5. The molecule has 154 valence electrons. The summed E-state index contributed by atoms with van der Waals surface area (Å²) in [5.41, 5.74) is 1.09. The fourth-order valence-electron chi connectivity index (χ4n) is 3.45. The van der Waals surface area contributed by atoms with Crippen LogP contribution in [-0.4, -0.2) is 71.5 Å². The number of β-amino-alcohol motifs (C(OH)–C–C–N with tert-alkyl or cyclic N) is 1. The smallest absolute Gasteiger partial charge is 0.223 e. The maximum absolute atomic E-state index is 10.2. The van der Waals surface area contributed by atoms with E-state index < -0.39 is 6.10 Å². The van der Waals surface area contributed by atoms with Gasteiger partial charge in [-0.2, -0.15) is 4.98 Å². The average Bonchev–Trinajstić information content (AvgIpc) is 3.32. The molecule has 28 heavy (non-hydrogen) atoms.